The highest BCUT2D eigenvalue weighted by Gasteiger charge is 2.17. The molecule has 0 bridgehead atoms. The van der Waals surface area contributed by atoms with E-state index in [-0.39, 0.29) is 12.4 Å². The number of nitrogens with one attached hydrogen (secondary N) is 1. The molecule has 0 fully saturated rings. The van der Waals surface area contributed by atoms with Crippen molar-refractivity contribution in [3.05, 3.63) is 24.0 Å². The largest absolute Gasteiger partial charge is 0.490 e. The summed E-state index contributed by atoms with van der Waals surface area (Å²) >= 11 is 0. The first kappa shape index (κ1) is 15.2. The Balaban J connectivity index is 2.79. The number of anilines is 1. The Hall–Kier alpha value is -1.82. The Morgan fingerprint density at radius 3 is 2.68 bits per heavy atom. The van der Waals surface area contributed by atoms with Gasteiger partial charge < -0.3 is 15.2 Å². The molecule has 0 aliphatic carbocycles. The fourth-order valence-corrected chi connectivity index (χ4v) is 1.30. The summed E-state index contributed by atoms with van der Waals surface area (Å²) in [6.07, 6.45) is -0.628. The van der Waals surface area contributed by atoms with Crippen LogP contribution < -0.4 is 15.8 Å². The summed E-state index contributed by atoms with van der Waals surface area (Å²) in [4.78, 5) is 11.6. The summed E-state index contributed by atoms with van der Waals surface area (Å²) in [6.45, 7) is 5.78. The number of nitrogens with two attached hydrogens (primary N) is 1. The lowest BCUT2D eigenvalue weighted by Crippen LogP contribution is -2.27. The molecule has 0 atom stereocenters. The molecule has 0 aliphatic heterocycles. The molecule has 106 valence electrons. The van der Waals surface area contributed by atoms with Gasteiger partial charge in [-0.1, -0.05) is 0 Å². The Morgan fingerprint density at radius 2 is 2.11 bits per heavy atom. The highest BCUT2D eigenvalue weighted by Crippen LogP contribution is 2.26. The molecule has 1 aromatic rings. The van der Waals surface area contributed by atoms with Gasteiger partial charge in [0.05, 0.1) is 5.69 Å². The number of ether oxygens (including phenoxy) is 2. The van der Waals surface area contributed by atoms with Gasteiger partial charge in [0.1, 0.15) is 23.8 Å². The average molecular weight is 270 g/mol. The first-order valence-electron chi connectivity index (χ1n) is 5.94. The molecule has 0 aromatic heterocycles. The van der Waals surface area contributed by atoms with Gasteiger partial charge in [0, 0.05) is 12.6 Å². The van der Waals surface area contributed by atoms with Crippen molar-refractivity contribution in [2.75, 3.05) is 18.5 Å². The minimum absolute atomic E-state index is 0.219. The molecule has 5 nitrogen and oxygen atoms in total. The predicted octanol–water partition coefficient (Wildman–Crippen LogP) is 2.51. The van der Waals surface area contributed by atoms with Gasteiger partial charge >= 0.3 is 6.09 Å². The number of carbonyl (C=O) groups is 1. The van der Waals surface area contributed by atoms with Gasteiger partial charge in [-0.15, -0.1) is 0 Å². The van der Waals surface area contributed by atoms with Gasteiger partial charge in [-0.3, -0.25) is 5.32 Å². The SMILES string of the molecule is CC(C)(C)OC(=O)Nc1ccc(F)cc1OCCN. The van der Waals surface area contributed by atoms with Crippen LogP contribution in [-0.4, -0.2) is 24.8 Å². The van der Waals surface area contributed by atoms with Crippen LogP contribution in [0.5, 0.6) is 5.75 Å². The van der Waals surface area contributed by atoms with E-state index in [1.165, 1.54) is 18.2 Å². The van der Waals surface area contributed by atoms with Crippen molar-refractivity contribution in [1.29, 1.82) is 0 Å². The summed E-state index contributed by atoms with van der Waals surface area (Å²) in [6, 6.07) is 3.81. The minimum atomic E-state index is -0.628. The van der Waals surface area contributed by atoms with Crippen molar-refractivity contribution in [3.8, 4) is 5.75 Å². The van der Waals surface area contributed by atoms with Crippen molar-refractivity contribution in [2.24, 2.45) is 5.73 Å². The van der Waals surface area contributed by atoms with E-state index in [1.807, 2.05) is 0 Å². The topological polar surface area (TPSA) is 73.6 Å². The van der Waals surface area contributed by atoms with E-state index in [0.717, 1.165) is 0 Å². The van der Waals surface area contributed by atoms with E-state index in [9.17, 15) is 9.18 Å². The molecule has 0 spiro atoms. The number of hydrogen-bond acceptors (Lipinski definition) is 4. The van der Waals surface area contributed by atoms with E-state index >= 15 is 0 Å². The number of hydrogen-bond donors (Lipinski definition) is 2. The molecule has 0 saturated carbocycles. The van der Waals surface area contributed by atoms with Crippen molar-refractivity contribution in [2.45, 2.75) is 26.4 Å². The smallest absolute Gasteiger partial charge is 0.412 e. The zero-order chi connectivity index (χ0) is 14.5. The Kier molecular flexibility index (Phi) is 5.11. The van der Waals surface area contributed by atoms with E-state index in [0.29, 0.717) is 12.2 Å². The van der Waals surface area contributed by atoms with Crippen LogP contribution >= 0.6 is 0 Å². The average Bonchev–Trinajstić information content (AvgIpc) is 2.27. The lowest BCUT2D eigenvalue weighted by molar-refractivity contribution is 0.0635. The van der Waals surface area contributed by atoms with Crippen molar-refractivity contribution >= 4 is 11.8 Å². The maximum absolute atomic E-state index is 13.1. The van der Waals surface area contributed by atoms with Crippen LogP contribution in [0.2, 0.25) is 0 Å². The minimum Gasteiger partial charge on any atom is -0.490 e. The normalized spacial score (nSPS) is 11.0. The van der Waals surface area contributed by atoms with E-state index in [1.54, 1.807) is 20.8 Å². The summed E-state index contributed by atoms with van der Waals surface area (Å²) in [7, 11) is 0. The molecule has 0 radical (unpaired) electrons. The van der Waals surface area contributed by atoms with E-state index in [2.05, 4.69) is 5.32 Å². The monoisotopic (exact) mass is 270 g/mol. The zero-order valence-corrected chi connectivity index (χ0v) is 11.3. The lowest BCUT2D eigenvalue weighted by atomic mass is 10.2. The molecule has 3 N–H and O–H groups in total. The van der Waals surface area contributed by atoms with Crippen LogP contribution in [0.4, 0.5) is 14.9 Å². The molecule has 6 heteroatoms. The molecular weight excluding hydrogens is 251 g/mol. The molecule has 1 rings (SSSR count). The Bertz CT molecular complexity index is 444. The van der Waals surface area contributed by atoms with Crippen LogP contribution in [0.15, 0.2) is 18.2 Å². The van der Waals surface area contributed by atoms with Crippen LogP contribution in [0.3, 0.4) is 0 Å². The zero-order valence-electron chi connectivity index (χ0n) is 11.3. The second-order valence-corrected chi connectivity index (χ2v) is 4.90. The quantitative estimate of drug-likeness (QED) is 0.881. The fourth-order valence-electron chi connectivity index (χ4n) is 1.30. The van der Waals surface area contributed by atoms with E-state index in [4.69, 9.17) is 15.2 Å². The third-order valence-corrected chi connectivity index (χ3v) is 1.95. The Morgan fingerprint density at radius 1 is 1.42 bits per heavy atom. The highest BCUT2D eigenvalue weighted by molar-refractivity contribution is 5.86. The van der Waals surface area contributed by atoms with Gasteiger partial charge in [-0.05, 0) is 32.9 Å². The summed E-state index contributed by atoms with van der Waals surface area (Å²) in [5.74, 6) is -0.238. The second-order valence-electron chi connectivity index (χ2n) is 4.90. The number of amides is 1. The maximum Gasteiger partial charge on any atom is 0.412 e. The lowest BCUT2D eigenvalue weighted by Gasteiger charge is -2.20. The van der Waals surface area contributed by atoms with Crippen LogP contribution in [0.1, 0.15) is 20.8 Å². The molecule has 0 heterocycles. The van der Waals surface area contributed by atoms with Crippen molar-refractivity contribution < 1.29 is 18.7 Å². The van der Waals surface area contributed by atoms with Gasteiger partial charge in [-0.25, -0.2) is 9.18 Å². The van der Waals surface area contributed by atoms with Crippen LogP contribution in [0, 0.1) is 5.82 Å². The summed E-state index contributed by atoms with van der Waals surface area (Å²) in [5, 5.41) is 2.51. The third kappa shape index (κ3) is 5.56. The molecule has 0 saturated heterocycles. The van der Waals surface area contributed by atoms with Crippen LogP contribution in [0.25, 0.3) is 0 Å². The first-order valence-corrected chi connectivity index (χ1v) is 5.94. The van der Waals surface area contributed by atoms with Gasteiger partial charge in [0.15, 0.2) is 0 Å². The molecule has 1 amide bonds. The summed E-state index contributed by atoms with van der Waals surface area (Å²) < 4.78 is 23.5. The van der Waals surface area contributed by atoms with Crippen LogP contribution in [-0.2, 0) is 4.74 Å². The number of halogens is 1. The molecule has 0 aliphatic rings. The summed E-state index contributed by atoms with van der Waals surface area (Å²) in [5.41, 5.74) is 5.05. The number of rotatable bonds is 4. The van der Waals surface area contributed by atoms with Crippen molar-refractivity contribution in [1.82, 2.24) is 0 Å². The fraction of sp³-hybridized carbons (Fsp3) is 0.462. The molecule has 0 unspecified atom stereocenters. The molecular formula is C13H19FN2O3. The van der Waals surface area contributed by atoms with E-state index < -0.39 is 17.5 Å². The van der Waals surface area contributed by atoms with Crippen molar-refractivity contribution in [3.63, 3.8) is 0 Å². The first-order chi connectivity index (χ1) is 8.81. The second kappa shape index (κ2) is 6.38. The van der Waals surface area contributed by atoms with Gasteiger partial charge in [0.25, 0.3) is 0 Å². The Labute approximate surface area is 111 Å². The number of benzene rings is 1. The molecule has 1 aromatic carbocycles. The predicted molar refractivity (Wildman–Crippen MR) is 70.8 cm³/mol. The highest BCUT2D eigenvalue weighted by atomic mass is 19.1. The maximum atomic E-state index is 13.1. The van der Waals surface area contributed by atoms with Gasteiger partial charge in [0.2, 0.25) is 0 Å². The standard InChI is InChI=1S/C13H19FN2O3/c1-13(2,3)19-12(17)16-10-5-4-9(14)8-11(10)18-7-6-15/h4-5,8H,6-7,15H2,1-3H3,(H,16,17). The molecule has 19 heavy (non-hydrogen) atoms. The third-order valence-electron chi connectivity index (χ3n) is 1.95. The number of carbonyl (C=O) groups excluding carboxylic acids is 1. The van der Waals surface area contributed by atoms with Gasteiger partial charge in [-0.2, -0.15) is 0 Å².